The van der Waals surface area contributed by atoms with Crippen molar-refractivity contribution in [2.24, 2.45) is 5.14 Å². The zero-order valence-electron chi connectivity index (χ0n) is 21.5. The van der Waals surface area contributed by atoms with Gasteiger partial charge < -0.3 is 9.52 Å². The van der Waals surface area contributed by atoms with Gasteiger partial charge in [-0.3, -0.25) is 0 Å². The lowest BCUT2D eigenvalue weighted by Crippen LogP contribution is -2.14. The highest BCUT2D eigenvalue weighted by Gasteiger charge is 2.25. The summed E-state index contributed by atoms with van der Waals surface area (Å²) >= 11 is 0.969. The van der Waals surface area contributed by atoms with Gasteiger partial charge in [0.2, 0.25) is 10.0 Å². The molecule has 1 heterocycles. The van der Waals surface area contributed by atoms with E-state index in [2.05, 4.69) is 0 Å². The quantitative estimate of drug-likeness (QED) is 0.241. The first-order chi connectivity index (χ1) is 18.1. The summed E-state index contributed by atoms with van der Waals surface area (Å²) in [5, 5.41) is 16.6. The Morgan fingerprint density at radius 3 is 2.29 bits per heavy atom. The Morgan fingerprint density at radius 2 is 1.66 bits per heavy atom. The maximum Gasteiger partial charge on any atom is 0.353 e. The summed E-state index contributed by atoms with van der Waals surface area (Å²) in [7, 11) is -4.09. The maximum absolute atomic E-state index is 13.2. The van der Waals surface area contributed by atoms with Gasteiger partial charge in [-0.1, -0.05) is 93.2 Å². The molecule has 3 N–H and O–H groups in total. The third-order valence-corrected chi connectivity index (χ3v) is 8.58. The number of sulfonamides is 1. The highest BCUT2D eigenvalue weighted by molar-refractivity contribution is 7.99. The summed E-state index contributed by atoms with van der Waals surface area (Å²) in [6, 6.07) is 23.6. The minimum Gasteiger partial charge on any atom is -0.506 e. The Hall–Kier alpha value is -3.33. The highest BCUT2D eigenvalue weighted by atomic mass is 32.2. The molecule has 0 radical (unpaired) electrons. The lowest BCUT2D eigenvalue weighted by atomic mass is 9.92. The standard InChI is InChI=1S/C30H31NO5S2/c1-4-21(17-20-11-6-5-7-12-20)25-18-24(32)29(30(33)36-25)37-26-15-10-16-27(38(31,34)35)28(26)23-14-9-8-13-22(23)19(2)3/h5-16,18-19,21,32H,4,17H2,1-3H3,(H2,31,34,35). The molecule has 0 bridgehead atoms. The molecule has 6 nitrogen and oxygen atoms in total. The Bertz CT molecular complexity index is 1590. The van der Waals surface area contributed by atoms with Crippen LogP contribution in [0.5, 0.6) is 5.75 Å². The summed E-state index contributed by atoms with van der Waals surface area (Å²) in [5.41, 5.74) is 2.45. The number of hydrogen-bond donors (Lipinski definition) is 2. The van der Waals surface area contributed by atoms with E-state index in [1.54, 1.807) is 12.1 Å². The summed E-state index contributed by atoms with van der Waals surface area (Å²) in [6.07, 6.45) is 1.38. The maximum atomic E-state index is 13.2. The summed E-state index contributed by atoms with van der Waals surface area (Å²) in [5.74, 6) is 0.212. The van der Waals surface area contributed by atoms with Crippen LogP contribution in [0.2, 0.25) is 0 Å². The number of aromatic hydroxyl groups is 1. The van der Waals surface area contributed by atoms with Crippen molar-refractivity contribution in [2.45, 2.75) is 60.1 Å². The minimum absolute atomic E-state index is 0.0156. The lowest BCUT2D eigenvalue weighted by Gasteiger charge is -2.19. The zero-order valence-corrected chi connectivity index (χ0v) is 23.2. The third kappa shape index (κ3) is 6.04. The smallest absolute Gasteiger partial charge is 0.353 e. The van der Waals surface area contributed by atoms with Gasteiger partial charge in [-0.15, -0.1) is 0 Å². The molecule has 0 amide bonds. The fourth-order valence-electron chi connectivity index (χ4n) is 4.56. The molecule has 0 aliphatic heterocycles. The van der Waals surface area contributed by atoms with E-state index in [0.29, 0.717) is 28.2 Å². The van der Waals surface area contributed by atoms with E-state index in [9.17, 15) is 18.3 Å². The number of nitrogens with two attached hydrogens (primary N) is 1. The van der Waals surface area contributed by atoms with Crippen molar-refractivity contribution in [3.63, 3.8) is 0 Å². The highest BCUT2D eigenvalue weighted by Crippen LogP contribution is 2.43. The van der Waals surface area contributed by atoms with Crippen molar-refractivity contribution < 1.29 is 17.9 Å². The average molecular weight is 550 g/mol. The topological polar surface area (TPSA) is 111 Å². The van der Waals surface area contributed by atoms with Crippen molar-refractivity contribution in [3.8, 4) is 16.9 Å². The molecule has 0 aliphatic carbocycles. The molecular weight excluding hydrogens is 518 g/mol. The van der Waals surface area contributed by atoms with E-state index >= 15 is 0 Å². The number of rotatable bonds is 9. The van der Waals surface area contributed by atoms with Crippen LogP contribution in [-0.4, -0.2) is 13.5 Å². The van der Waals surface area contributed by atoms with Gasteiger partial charge in [-0.2, -0.15) is 0 Å². The van der Waals surface area contributed by atoms with Gasteiger partial charge in [-0.25, -0.2) is 18.4 Å². The van der Waals surface area contributed by atoms with Crippen LogP contribution in [-0.2, 0) is 16.4 Å². The molecule has 4 aromatic rings. The first-order valence-electron chi connectivity index (χ1n) is 12.4. The number of hydrogen-bond acceptors (Lipinski definition) is 6. The normalized spacial score (nSPS) is 12.6. The molecular formula is C30H31NO5S2. The van der Waals surface area contributed by atoms with Crippen LogP contribution in [0.25, 0.3) is 11.1 Å². The molecule has 198 valence electrons. The molecule has 1 atom stereocenters. The van der Waals surface area contributed by atoms with Crippen LogP contribution in [0.1, 0.15) is 55.9 Å². The Balaban J connectivity index is 1.80. The van der Waals surface area contributed by atoms with E-state index in [-0.39, 0.29) is 27.4 Å². The van der Waals surface area contributed by atoms with Gasteiger partial charge in [-0.05, 0) is 47.6 Å². The molecule has 38 heavy (non-hydrogen) atoms. The van der Waals surface area contributed by atoms with E-state index in [0.717, 1.165) is 29.3 Å². The van der Waals surface area contributed by atoms with Crippen molar-refractivity contribution in [1.29, 1.82) is 0 Å². The summed E-state index contributed by atoms with van der Waals surface area (Å²) in [6.45, 7) is 6.04. The number of primary sulfonamides is 1. The fraction of sp³-hybridized carbons (Fsp3) is 0.233. The van der Waals surface area contributed by atoms with E-state index in [1.807, 2.05) is 75.4 Å². The predicted molar refractivity (Wildman–Crippen MR) is 151 cm³/mol. The number of benzene rings is 3. The second kappa shape index (κ2) is 11.6. The Kier molecular flexibility index (Phi) is 8.45. The van der Waals surface area contributed by atoms with Crippen molar-refractivity contribution in [3.05, 3.63) is 106 Å². The van der Waals surface area contributed by atoms with Gasteiger partial charge in [0.15, 0.2) is 0 Å². The Morgan fingerprint density at radius 1 is 0.974 bits per heavy atom. The van der Waals surface area contributed by atoms with Crippen LogP contribution in [0.15, 0.2) is 103 Å². The van der Waals surface area contributed by atoms with Crippen LogP contribution >= 0.6 is 11.8 Å². The predicted octanol–water partition coefficient (Wildman–Crippen LogP) is 6.67. The largest absolute Gasteiger partial charge is 0.506 e. The minimum atomic E-state index is -4.09. The zero-order chi connectivity index (χ0) is 27.4. The molecule has 0 spiro atoms. The lowest BCUT2D eigenvalue weighted by molar-refractivity contribution is 0.377. The first-order valence-corrected chi connectivity index (χ1v) is 14.8. The molecule has 0 saturated carbocycles. The summed E-state index contributed by atoms with van der Waals surface area (Å²) < 4.78 is 30.9. The van der Waals surface area contributed by atoms with Gasteiger partial charge in [0.1, 0.15) is 16.4 Å². The molecule has 4 rings (SSSR count). The van der Waals surface area contributed by atoms with Crippen LogP contribution in [0, 0.1) is 0 Å². The van der Waals surface area contributed by atoms with Crippen LogP contribution in [0.4, 0.5) is 0 Å². The van der Waals surface area contributed by atoms with Crippen molar-refractivity contribution >= 4 is 21.8 Å². The van der Waals surface area contributed by atoms with E-state index in [1.165, 1.54) is 12.1 Å². The van der Waals surface area contributed by atoms with E-state index < -0.39 is 15.6 Å². The second-order valence-electron chi connectivity index (χ2n) is 9.46. The fourth-order valence-corrected chi connectivity index (χ4v) is 6.38. The third-order valence-electron chi connectivity index (χ3n) is 6.49. The molecule has 0 saturated heterocycles. The molecule has 3 aromatic carbocycles. The molecule has 1 aromatic heterocycles. The van der Waals surface area contributed by atoms with Crippen molar-refractivity contribution in [1.82, 2.24) is 0 Å². The molecule has 1 unspecified atom stereocenters. The van der Waals surface area contributed by atoms with Gasteiger partial charge >= 0.3 is 5.63 Å². The SMILES string of the molecule is CCC(Cc1ccccc1)c1cc(O)c(Sc2cccc(S(N)(=O)=O)c2-c2ccccc2C(C)C)c(=O)o1. The van der Waals surface area contributed by atoms with Gasteiger partial charge in [0.05, 0.1) is 4.90 Å². The van der Waals surface area contributed by atoms with Crippen molar-refractivity contribution in [2.75, 3.05) is 0 Å². The summed E-state index contributed by atoms with van der Waals surface area (Å²) in [4.78, 5) is 13.6. The van der Waals surface area contributed by atoms with Crippen LogP contribution < -0.4 is 10.8 Å². The van der Waals surface area contributed by atoms with Gasteiger partial charge in [0, 0.05) is 22.4 Å². The molecule has 0 aliphatic rings. The molecule has 8 heteroatoms. The molecule has 0 fully saturated rings. The van der Waals surface area contributed by atoms with E-state index in [4.69, 9.17) is 9.56 Å². The second-order valence-corrected chi connectivity index (χ2v) is 12.0. The Labute approximate surface area is 227 Å². The van der Waals surface area contributed by atoms with Gasteiger partial charge in [0.25, 0.3) is 0 Å². The van der Waals surface area contributed by atoms with Crippen LogP contribution in [0.3, 0.4) is 0 Å². The average Bonchev–Trinajstić information content (AvgIpc) is 2.89. The monoisotopic (exact) mass is 549 g/mol. The first kappa shape index (κ1) is 27.7.